The molecule has 2 fully saturated rings. The van der Waals surface area contributed by atoms with Gasteiger partial charge in [-0.2, -0.15) is 52.7 Å². The van der Waals surface area contributed by atoms with Gasteiger partial charge in [0.05, 0.1) is 36.0 Å². The van der Waals surface area contributed by atoms with Gasteiger partial charge in [-0.05, 0) is 72.6 Å². The van der Waals surface area contributed by atoms with Gasteiger partial charge in [0.15, 0.2) is 40.1 Å². The summed E-state index contributed by atoms with van der Waals surface area (Å²) in [7, 11) is -26.9. The fourth-order valence-corrected chi connectivity index (χ4v) is 16.2. The Balaban J connectivity index is 0.000000184. The average molecular weight is 1710 g/mol. The largest absolute Gasteiger partial charge is 2.00 e. The molecule has 12 rings (SSSR count). The summed E-state index contributed by atoms with van der Waals surface area (Å²) in [5.74, 6) is 1.50. The summed E-state index contributed by atoms with van der Waals surface area (Å²) < 4.78 is 300. The Labute approximate surface area is 578 Å². The van der Waals surface area contributed by atoms with Crippen molar-refractivity contribution in [1.29, 1.82) is 0 Å². The molecule has 0 unspecified atom stereocenters. The Kier molecular flexibility index (Phi) is 24.5. The van der Waals surface area contributed by atoms with Crippen molar-refractivity contribution >= 4 is 101 Å². The van der Waals surface area contributed by atoms with Crippen molar-refractivity contribution in [2.45, 2.75) is 96.2 Å². The third-order valence-corrected chi connectivity index (χ3v) is 23.6. The monoisotopic (exact) mass is 1700 g/mol. The number of rotatable bonds is 9. The fraction of sp³-hybridized carbons (Fsp3) is 0.377. The molecule has 1 N–H and O–H groups in total. The van der Waals surface area contributed by atoms with Crippen LogP contribution in [0, 0.1) is 3.57 Å². The number of carbonyl (C=O) groups excluding carboxylic acids is 3. The first-order valence-corrected chi connectivity index (χ1v) is 36.4. The molecule has 5 aliphatic heterocycles. The van der Waals surface area contributed by atoms with Crippen molar-refractivity contribution in [3.8, 4) is 0 Å². The number of ether oxygens (including phenoxy) is 1. The van der Waals surface area contributed by atoms with Crippen molar-refractivity contribution in [3.63, 3.8) is 0 Å². The Bertz CT molecular complexity index is 4420. The zero-order valence-corrected chi connectivity index (χ0v) is 58.5. The third kappa shape index (κ3) is 19.7. The molecule has 3 aromatic carbocycles. The maximum atomic E-state index is 12.7. The predicted molar refractivity (Wildman–Crippen MR) is 317 cm³/mol. The number of nitrogens with zero attached hydrogens (tertiary/aromatic N) is 10. The van der Waals surface area contributed by atoms with Crippen LogP contribution in [-0.2, 0) is 103 Å². The minimum Gasteiger partial charge on any atom is -0.421 e. The Hall–Kier alpha value is -6.96. The van der Waals surface area contributed by atoms with Gasteiger partial charge in [0.1, 0.15) is 37.4 Å². The van der Waals surface area contributed by atoms with Crippen LogP contribution in [0.15, 0.2) is 108 Å². The van der Waals surface area contributed by atoms with Gasteiger partial charge in [0, 0.05) is 48.8 Å². The van der Waals surface area contributed by atoms with Crippen LogP contribution in [0.25, 0.3) is 19.6 Å². The second-order valence-electron chi connectivity index (χ2n) is 21.1. The van der Waals surface area contributed by atoms with Gasteiger partial charge in [0.2, 0.25) is 11.8 Å². The summed E-state index contributed by atoms with van der Waals surface area (Å²) in [6.07, 6.45) is 11.9. The van der Waals surface area contributed by atoms with E-state index >= 15 is 0 Å². The van der Waals surface area contributed by atoms with Crippen LogP contribution in [0.3, 0.4) is 0 Å². The molecule has 0 radical (unpaired) electrons. The number of amides is 2. The Morgan fingerprint density at radius 2 is 0.911 bits per heavy atom. The third-order valence-electron chi connectivity index (χ3n) is 14.2. The first-order valence-electron chi connectivity index (χ1n) is 27.6. The molecule has 0 bridgehead atoms. The van der Waals surface area contributed by atoms with E-state index in [2.05, 4.69) is 52.0 Å². The number of carbonyl (C=O) groups is 3. The number of fused-ring (bicyclic) bond motifs is 7. The number of aromatic nitrogens is 4. The number of alkyl halides is 19. The zero-order chi connectivity index (χ0) is 74.3. The molecule has 2 saturated carbocycles. The van der Waals surface area contributed by atoms with Gasteiger partial charge in [-0.1, -0.05) is 36.4 Å². The topological polar surface area (TPSA) is 321 Å². The van der Waals surface area contributed by atoms with Gasteiger partial charge in [-0.25, -0.2) is 43.6 Å². The van der Waals surface area contributed by atoms with Gasteiger partial charge >= 0.3 is 133 Å². The van der Waals surface area contributed by atoms with E-state index in [1.54, 1.807) is 22.0 Å². The number of aliphatic hydroxyl groups excluding tert-OH is 1. The minimum atomic E-state index is -6.72. The molecule has 0 atom stereocenters. The molecule has 0 saturated heterocycles. The molecule has 24 nitrogen and oxygen atoms in total. The SMILES string of the molecule is O=C1CN=C(n2cnc(CO)c2)C=C2c3cccc(C4CC4)c3CCN12.O=C1CN=C(n2cnc(COC(F)(F)F)c2)C=C2c3cccc(C4CC4)c3CCN12.O=C1OI(C(F)(F)F)c2ccccc21.O=S(=O)([N-]S(=O)(=O)C(F)(F)F)C(F)(F)F.O=S(=O)([N-]S(=O)(=O)C(F)(F)F)C(F)(F)F.[Zn+2]. The number of sulfonamides is 4. The van der Waals surface area contributed by atoms with E-state index in [-0.39, 0.29) is 65.8 Å². The fourth-order valence-electron chi connectivity index (χ4n) is 9.53. The van der Waals surface area contributed by atoms with Gasteiger partial charge in [-0.15, -0.1) is 13.2 Å². The van der Waals surface area contributed by atoms with E-state index in [0.717, 1.165) is 43.6 Å². The molecule has 548 valence electrons. The number of aliphatic imine (C=N–C) groups is 2. The summed E-state index contributed by atoms with van der Waals surface area (Å²) in [4.78, 5) is 57.0. The summed E-state index contributed by atoms with van der Waals surface area (Å²) in [5.41, 5.74) is -14.7. The van der Waals surface area contributed by atoms with Crippen LogP contribution in [0.1, 0.15) is 92.6 Å². The number of imidazole rings is 2. The number of hydrogen-bond donors (Lipinski definition) is 1. The van der Waals surface area contributed by atoms with Gasteiger partial charge in [-0.3, -0.25) is 33.4 Å². The number of benzene rings is 3. The van der Waals surface area contributed by atoms with E-state index < -0.39 is 105 Å². The molecule has 2 amide bonds. The molecule has 7 aliphatic rings. The van der Waals surface area contributed by atoms with E-state index in [1.165, 1.54) is 89.3 Å². The van der Waals surface area contributed by atoms with Gasteiger partial charge in [0.25, 0.3) is 0 Å². The van der Waals surface area contributed by atoms with Crippen LogP contribution in [0.5, 0.6) is 0 Å². The van der Waals surface area contributed by atoms with E-state index in [4.69, 9.17) is 0 Å². The Morgan fingerprint density at radius 3 is 1.27 bits per heavy atom. The van der Waals surface area contributed by atoms with Crippen LogP contribution in [0.4, 0.5) is 79.0 Å². The molecule has 0 spiro atoms. The number of halogens is 19. The summed E-state index contributed by atoms with van der Waals surface area (Å²) >= 11 is -3.76. The zero-order valence-electron chi connectivity index (χ0n) is 50.1. The van der Waals surface area contributed by atoms with Gasteiger partial charge < -0.3 is 23.2 Å². The minimum absolute atomic E-state index is 0. The maximum absolute atomic E-state index is 12.7. The van der Waals surface area contributed by atoms with Crippen molar-refractivity contribution in [1.82, 2.24) is 28.9 Å². The number of aliphatic hydroxyl groups is 1. The molecule has 101 heavy (non-hydrogen) atoms. The van der Waals surface area contributed by atoms with Crippen LogP contribution < -0.4 is 0 Å². The summed E-state index contributed by atoms with van der Waals surface area (Å²) in [5, 5.41) is 9.26. The maximum Gasteiger partial charge on any atom is 2.00 e. The second kappa shape index (κ2) is 30.4. The van der Waals surface area contributed by atoms with Crippen molar-refractivity contribution in [3.05, 3.63) is 160 Å². The van der Waals surface area contributed by atoms with E-state index in [1.807, 2.05) is 29.2 Å². The quantitative estimate of drug-likeness (QED) is 0.0620. The van der Waals surface area contributed by atoms with E-state index in [0.29, 0.717) is 42.3 Å². The first-order chi connectivity index (χ1) is 46.0. The molecule has 2 aromatic heterocycles. The molecular formula is C53H43F18IN10O14S4Zn. The standard InChI is InChI=1S/C21H19F3N4O2.C20H20N4O2.C8H4F3IO2.2C2F6NO4S2.Zn/c22-21(23,24)30-11-14-10-27(12-26-14)19-8-18-17-3-1-2-15(13-4-5-13)16(17)6-7-28(18)20(29)9-25-19;25-11-14-10-23(12-22-14)19-8-18-17-3-1-2-15(13-4-5-13)16(17)6-7-24(18)20(26)9-21-19;9-8(10,11)12-6-4-2-1-3-5(6)7(13)14-12;2*3-1(4,5)14(10,11)9-15(12,13)2(6,7)8;/h1-3,8,10,12-13H,4-7,9,11H2;1-3,8,10,12-13,25H,4-7,9,11H2;1-4H;;;/q;;;2*-1;+2. The second-order valence-corrected chi connectivity index (χ2v) is 32.2. The number of allylic oxidation sites excluding steroid dienone is 2. The smallest absolute Gasteiger partial charge is 0.421 e. The molecular weight excluding hydrogens is 1660 g/mol. The molecule has 2 aliphatic carbocycles. The average Bonchev–Trinajstić information content (AvgIpc) is 1.69. The molecule has 48 heteroatoms. The van der Waals surface area contributed by atoms with Crippen LogP contribution in [0.2, 0.25) is 0 Å². The normalized spacial score (nSPS) is 17.7. The summed E-state index contributed by atoms with van der Waals surface area (Å²) in [6.45, 7) is 0.600. The van der Waals surface area contributed by atoms with Crippen molar-refractivity contribution < 1.29 is 159 Å². The summed E-state index contributed by atoms with van der Waals surface area (Å²) in [6, 6.07) is 18.4. The van der Waals surface area contributed by atoms with Crippen LogP contribution >= 0.6 is 20.2 Å². The van der Waals surface area contributed by atoms with Crippen molar-refractivity contribution in [2.24, 2.45) is 9.98 Å². The van der Waals surface area contributed by atoms with Crippen molar-refractivity contribution in [2.75, 3.05) is 26.2 Å². The van der Waals surface area contributed by atoms with Crippen LogP contribution in [-0.4, -0.2) is 156 Å². The molecule has 5 aromatic rings. The number of hydrogen-bond acceptors (Lipinski definition) is 18. The van der Waals surface area contributed by atoms with E-state index in [9.17, 15) is 132 Å². The molecule has 7 heterocycles. The first kappa shape index (κ1) is 81.3. The Morgan fingerprint density at radius 1 is 0.535 bits per heavy atom. The predicted octanol–water partition coefficient (Wildman–Crippen LogP) is 10.5.